The van der Waals surface area contributed by atoms with Crippen molar-refractivity contribution in [1.82, 2.24) is 9.80 Å². The summed E-state index contributed by atoms with van der Waals surface area (Å²) in [6.07, 6.45) is 3.89. The predicted molar refractivity (Wildman–Crippen MR) is 84.9 cm³/mol. The second-order valence-electron chi connectivity index (χ2n) is 5.74. The molecule has 2 aliphatic rings. The van der Waals surface area contributed by atoms with E-state index in [4.69, 9.17) is 9.47 Å². The summed E-state index contributed by atoms with van der Waals surface area (Å²) in [5.41, 5.74) is 1.93. The largest absolute Gasteiger partial charge is 0.392 e. The van der Waals surface area contributed by atoms with Crippen molar-refractivity contribution in [2.24, 2.45) is 0 Å². The van der Waals surface area contributed by atoms with E-state index >= 15 is 0 Å². The van der Waals surface area contributed by atoms with Gasteiger partial charge in [-0.05, 0) is 11.1 Å². The van der Waals surface area contributed by atoms with Gasteiger partial charge in [0.1, 0.15) is 0 Å². The molecule has 0 unspecified atom stereocenters. The maximum absolute atomic E-state index is 9.52. The summed E-state index contributed by atoms with van der Waals surface area (Å²) in [6.45, 7) is 8.25. The Morgan fingerprint density at radius 1 is 0.727 bits per heavy atom. The lowest BCUT2D eigenvalue weighted by molar-refractivity contribution is 0.0409. The van der Waals surface area contributed by atoms with Gasteiger partial charge < -0.3 is 19.7 Å². The van der Waals surface area contributed by atoms with E-state index in [2.05, 4.69) is 9.80 Å². The Balaban J connectivity index is 1.87. The smallest absolute Gasteiger partial charge is 0.0657 e. The molecule has 0 bridgehead atoms. The van der Waals surface area contributed by atoms with Crippen LogP contribution in [0, 0.1) is 0 Å². The van der Waals surface area contributed by atoms with Crippen LogP contribution in [0.15, 0.2) is 23.3 Å². The van der Waals surface area contributed by atoms with Crippen LogP contribution in [0.2, 0.25) is 0 Å². The number of nitrogens with zero attached hydrogens (tertiary/aromatic N) is 2. The highest BCUT2D eigenvalue weighted by Gasteiger charge is 2.13. The Morgan fingerprint density at radius 2 is 1.09 bits per heavy atom. The minimum absolute atomic E-state index is 0.0458. The fraction of sp³-hybridized carbons (Fsp3) is 0.750. The minimum atomic E-state index is 0.0458. The first kappa shape index (κ1) is 17.6. The van der Waals surface area contributed by atoms with Crippen LogP contribution in [-0.4, -0.2) is 98.9 Å². The number of morpholine rings is 2. The Bertz CT molecular complexity index is 336. The van der Waals surface area contributed by atoms with Gasteiger partial charge in [-0.2, -0.15) is 0 Å². The highest BCUT2D eigenvalue weighted by atomic mass is 16.5. The van der Waals surface area contributed by atoms with Crippen molar-refractivity contribution in [1.29, 1.82) is 0 Å². The molecule has 2 rings (SSSR count). The minimum Gasteiger partial charge on any atom is -0.392 e. The van der Waals surface area contributed by atoms with Crippen molar-refractivity contribution in [3.63, 3.8) is 0 Å². The van der Waals surface area contributed by atoms with Crippen molar-refractivity contribution in [2.45, 2.75) is 0 Å². The third-order valence-corrected chi connectivity index (χ3v) is 4.02. The van der Waals surface area contributed by atoms with Crippen LogP contribution in [0.3, 0.4) is 0 Å². The van der Waals surface area contributed by atoms with Crippen LogP contribution in [0.4, 0.5) is 0 Å². The lowest BCUT2D eigenvalue weighted by Gasteiger charge is -2.27. The summed E-state index contributed by atoms with van der Waals surface area (Å²) < 4.78 is 10.7. The average Bonchev–Trinajstić information content (AvgIpc) is 2.59. The monoisotopic (exact) mass is 312 g/mol. The highest BCUT2D eigenvalue weighted by Crippen LogP contribution is 2.06. The van der Waals surface area contributed by atoms with E-state index in [0.29, 0.717) is 0 Å². The van der Waals surface area contributed by atoms with Crippen LogP contribution in [-0.2, 0) is 9.47 Å². The summed E-state index contributed by atoms with van der Waals surface area (Å²) in [5, 5.41) is 19.0. The van der Waals surface area contributed by atoms with E-state index in [1.807, 2.05) is 12.2 Å². The normalized spacial score (nSPS) is 23.0. The number of hydrogen-bond acceptors (Lipinski definition) is 6. The summed E-state index contributed by atoms with van der Waals surface area (Å²) in [7, 11) is 0. The molecule has 2 saturated heterocycles. The lowest BCUT2D eigenvalue weighted by atomic mass is 10.1. The first-order valence-corrected chi connectivity index (χ1v) is 8.01. The molecule has 2 fully saturated rings. The SMILES string of the molecule is OC/C(=C\C=C(/CO)CN1CCOCC1)CN1CCOCC1. The summed E-state index contributed by atoms with van der Waals surface area (Å²) in [5.74, 6) is 0. The van der Waals surface area contributed by atoms with E-state index in [1.54, 1.807) is 0 Å². The highest BCUT2D eigenvalue weighted by molar-refractivity contribution is 5.20. The van der Waals surface area contributed by atoms with Crippen LogP contribution < -0.4 is 0 Å². The van der Waals surface area contributed by atoms with Crippen LogP contribution >= 0.6 is 0 Å². The quantitative estimate of drug-likeness (QED) is 0.617. The fourth-order valence-electron chi connectivity index (χ4n) is 2.64. The standard InChI is InChI=1S/C16H28N2O4/c19-13-15(11-17-3-7-21-8-4-17)1-2-16(14-20)12-18-5-9-22-10-6-18/h1-2,19-20H,3-14H2/b15-1-,16-2-. The average molecular weight is 312 g/mol. The van der Waals surface area contributed by atoms with Gasteiger partial charge in [0, 0.05) is 39.3 Å². The molecule has 0 radical (unpaired) electrons. The van der Waals surface area contributed by atoms with Crippen LogP contribution in [0.1, 0.15) is 0 Å². The van der Waals surface area contributed by atoms with Gasteiger partial charge >= 0.3 is 0 Å². The molecule has 22 heavy (non-hydrogen) atoms. The molecule has 126 valence electrons. The van der Waals surface area contributed by atoms with Gasteiger partial charge in [0.15, 0.2) is 0 Å². The fourth-order valence-corrected chi connectivity index (χ4v) is 2.64. The molecule has 0 atom stereocenters. The molecular formula is C16H28N2O4. The van der Waals surface area contributed by atoms with E-state index in [1.165, 1.54) is 0 Å². The first-order chi connectivity index (χ1) is 10.8. The predicted octanol–water partition coefficient (Wildman–Crippen LogP) is -0.512. The van der Waals surface area contributed by atoms with Crippen LogP contribution in [0.25, 0.3) is 0 Å². The van der Waals surface area contributed by atoms with Crippen molar-refractivity contribution < 1.29 is 19.7 Å². The molecule has 2 aliphatic heterocycles. The molecule has 0 amide bonds. The molecule has 0 aromatic rings. The molecule has 6 nitrogen and oxygen atoms in total. The van der Waals surface area contributed by atoms with Gasteiger partial charge in [-0.15, -0.1) is 0 Å². The van der Waals surface area contributed by atoms with Crippen molar-refractivity contribution in [3.05, 3.63) is 23.3 Å². The van der Waals surface area contributed by atoms with E-state index in [-0.39, 0.29) is 13.2 Å². The number of aliphatic hydroxyl groups is 2. The molecule has 0 spiro atoms. The van der Waals surface area contributed by atoms with Gasteiger partial charge in [-0.25, -0.2) is 0 Å². The van der Waals surface area contributed by atoms with E-state index < -0.39 is 0 Å². The number of allylic oxidation sites excluding steroid dienone is 2. The third-order valence-electron chi connectivity index (χ3n) is 4.02. The second kappa shape index (κ2) is 10.1. The lowest BCUT2D eigenvalue weighted by Crippen LogP contribution is -2.38. The second-order valence-corrected chi connectivity index (χ2v) is 5.74. The zero-order chi connectivity index (χ0) is 15.6. The van der Waals surface area contributed by atoms with E-state index in [9.17, 15) is 10.2 Å². The Kier molecular flexibility index (Phi) is 8.07. The van der Waals surface area contributed by atoms with Crippen molar-refractivity contribution in [3.8, 4) is 0 Å². The molecule has 2 N–H and O–H groups in total. The van der Waals surface area contributed by atoms with Crippen molar-refractivity contribution in [2.75, 3.05) is 78.9 Å². The molecule has 0 aromatic carbocycles. The molecular weight excluding hydrogens is 284 g/mol. The summed E-state index contributed by atoms with van der Waals surface area (Å²) in [4.78, 5) is 4.56. The number of ether oxygens (including phenoxy) is 2. The Labute approximate surface area is 132 Å². The molecule has 0 aromatic heterocycles. The van der Waals surface area contributed by atoms with Crippen LogP contribution in [0.5, 0.6) is 0 Å². The number of rotatable bonds is 7. The number of aliphatic hydroxyl groups excluding tert-OH is 2. The molecule has 2 heterocycles. The maximum atomic E-state index is 9.52. The molecule has 0 aliphatic carbocycles. The van der Waals surface area contributed by atoms with Crippen molar-refractivity contribution >= 4 is 0 Å². The zero-order valence-corrected chi connectivity index (χ0v) is 13.2. The van der Waals surface area contributed by atoms with Gasteiger partial charge in [-0.3, -0.25) is 9.80 Å². The zero-order valence-electron chi connectivity index (χ0n) is 13.2. The summed E-state index contributed by atoms with van der Waals surface area (Å²) >= 11 is 0. The maximum Gasteiger partial charge on any atom is 0.0657 e. The van der Waals surface area contributed by atoms with Gasteiger partial charge in [0.05, 0.1) is 39.6 Å². The van der Waals surface area contributed by atoms with Gasteiger partial charge in [0.2, 0.25) is 0 Å². The first-order valence-electron chi connectivity index (χ1n) is 8.01. The third kappa shape index (κ3) is 6.16. The topological polar surface area (TPSA) is 65.4 Å². The molecule has 0 saturated carbocycles. The summed E-state index contributed by atoms with van der Waals surface area (Å²) in [6, 6.07) is 0. The van der Waals surface area contributed by atoms with Gasteiger partial charge in [-0.1, -0.05) is 12.2 Å². The number of hydrogen-bond donors (Lipinski definition) is 2. The molecule has 6 heteroatoms. The van der Waals surface area contributed by atoms with Gasteiger partial charge in [0.25, 0.3) is 0 Å². The Morgan fingerprint density at radius 3 is 1.41 bits per heavy atom. The Hall–Kier alpha value is -0.760. The van der Waals surface area contributed by atoms with E-state index in [0.717, 1.165) is 76.8 Å².